The molecule has 0 spiro atoms. The van der Waals surface area contributed by atoms with E-state index in [2.05, 4.69) is 10.4 Å². The molecule has 1 aromatic carbocycles. The van der Waals surface area contributed by atoms with Crippen LogP contribution in [0.5, 0.6) is 0 Å². The van der Waals surface area contributed by atoms with Gasteiger partial charge in [-0.1, -0.05) is 24.3 Å². The number of rotatable bonds is 2. The first-order valence-electron chi connectivity index (χ1n) is 5.50. The van der Waals surface area contributed by atoms with Crippen LogP contribution in [0.2, 0.25) is 0 Å². The van der Waals surface area contributed by atoms with Gasteiger partial charge < -0.3 is 0 Å². The minimum atomic E-state index is 0.814. The molecule has 0 unspecified atom stereocenters. The van der Waals surface area contributed by atoms with Crippen molar-refractivity contribution in [2.75, 3.05) is 5.32 Å². The van der Waals surface area contributed by atoms with Crippen molar-refractivity contribution >= 4 is 17.3 Å². The number of hydrogen-bond donors (Lipinski definition) is 1. The van der Waals surface area contributed by atoms with E-state index in [-0.39, 0.29) is 0 Å². The molecule has 0 bridgehead atoms. The van der Waals surface area contributed by atoms with Crippen LogP contribution >= 0.6 is 0 Å². The van der Waals surface area contributed by atoms with Gasteiger partial charge in [-0.3, -0.25) is 5.32 Å². The number of para-hydroxylation sites is 1. The zero-order valence-electron chi connectivity index (χ0n) is 9.54. The van der Waals surface area contributed by atoms with Crippen LogP contribution in [0.3, 0.4) is 0 Å². The molecular formula is C13H13N4+. The molecule has 0 aliphatic heterocycles. The summed E-state index contributed by atoms with van der Waals surface area (Å²) in [7, 11) is 1.94. The van der Waals surface area contributed by atoms with Gasteiger partial charge in [0.15, 0.2) is 0 Å². The molecule has 0 saturated heterocycles. The molecule has 0 aliphatic carbocycles. The lowest BCUT2D eigenvalue weighted by Crippen LogP contribution is -2.22. The normalized spacial score (nSPS) is 10.6. The van der Waals surface area contributed by atoms with Gasteiger partial charge in [-0.05, 0) is 18.2 Å². The van der Waals surface area contributed by atoms with E-state index in [1.807, 2.05) is 70.9 Å². The maximum atomic E-state index is 4.45. The summed E-state index contributed by atoms with van der Waals surface area (Å²) in [6, 6.07) is 16.1. The van der Waals surface area contributed by atoms with Crippen molar-refractivity contribution in [3.8, 4) is 0 Å². The minimum Gasteiger partial charge on any atom is -0.260 e. The van der Waals surface area contributed by atoms with Gasteiger partial charge in [0.1, 0.15) is 0 Å². The van der Waals surface area contributed by atoms with Crippen LogP contribution in [-0.4, -0.2) is 9.78 Å². The van der Waals surface area contributed by atoms with E-state index in [0.717, 1.165) is 17.3 Å². The molecule has 3 aromatic rings. The lowest BCUT2D eigenvalue weighted by Gasteiger charge is -1.96. The summed E-state index contributed by atoms with van der Waals surface area (Å²) in [5, 5.41) is 7.75. The lowest BCUT2D eigenvalue weighted by atomic mass is 10.3. The largest absolute Gasteiger partial charge is 0.387 e. The number of nitrogens with zero attached hydrogens (tertiary/aromatic N) is 3. The first-order valence-corrected chi connectivity index (χ1v) is 5.50. The smallest absolute Gasteiger partial charge is 0.260 e. The second kappa shape index (κ2) is 3.90. The molecule has 84 valence electrons. The topological polar surface area (TPSA) is 34.0 Å². The first-order chi connectivity index (χ1) is 8.34. The number of benzene rings is 1. The van der Waals surface area contributed by atoms with Gasteiger partial charge in [0.2, 0.25) is 5.65 Å². The molecule has 0 fully saturated rings. The van der Waals surface area contributed by atoms with E-state index >= 15 is 0 Å². The zero-order chi connectivity index (χ0) is 11.7. The lowest BCUT2D eigenvalue weighted by molar-refractivity contribution is -0.496. The van der Waals surface area contributed by atoms with Crippen LogP contribution in [0.15, 0.2) is 54.7 Å². The first kappa shape index (κ1) is 9.84. The Morgan fingerprint density at radius 3 is 2.65 bits per heavy atom. The van der Waals surface area contributed by atoms with Crippen LogP contribution in [0.25, 0.3) is 5.65 Å². The number of fused-ring (bicyclic) bond motifs is 1. The maximum absolute atomic E-state index is 4.45. The molecule has 0 radical (unpaired) electrons. The Morgan fingerprint density at radius 2 is 1.82 bits per heavy atom. The highest BCUT2D eigenvalue weighted by atomic mass is 15.4. The number of aryl methyl sites for hydroxylation is 1. The maximum Gasteiger partial charge on any atom is 0.387 e. The van der Waals surface area contributed by atoms with Crippen LogP contribution in [-0.2, 0) is 7.05 Å². The summed E-state index contributed by atoms with van der Waals surface area (Å²) < 4.78 is 3.87. The van der Waals surface area contributed by atoms with Gasteiger partial charge >= 0.3 is 5.95 Å². The molecule has 3 rings (SSSR count). The quantitative estimate of drug-likeness (QED) is 0.676. The number of nitrogens with one attached hydrogen (secondary N) is 1. The molecule has 0 aliphatic rings. The molecule has 0 amide bonds. The Bertz CT molecular complexity index is 643. The van der Waals surface area contributed by atoms with Crippen molar-refractivity contribution in [1.82, 2.24) is 9.78 Å². The highest BCUT2D eigenvalue weighted by Gasteiger charge is 2.14. The molecule has 2 aromatic heterocycles. The predicted octanol–water partition coefficient (Wildman–Crippen LogP) is 1.90. The van der Waals surface area contributed by atoms with E-state index < -0.39 is 0 Å². The standard InChI is InChI=1S/C13H13N4/c1-16-12-9-5-6-10-17(12)13(15-16)14-11-7-3-2-4-8-11/h2-10H,1H3,(H,14,15)/q+1. The summed E-state index contributed by atoms with van der Waals surface area (Å²) in [6.45, 7) is 0. The number of pyridine rings is 1. The van der Waals surface area contributed by atoms with Crippen LogP contribution in [0.4, 0.5) is 11.6 Å². The Morgan fingerprint density at radius 1 is 1.06 bits per heavy atom. The number of hydrogen-bond acceptors (Lipinski definition) is 2. The zero-order valence-corrected chi connectivity index (χ0v) is 9.54. The predicted molar refractivity (Wildman–Crippen MR) is 66.1 cm³/mol. The van der Waals surface area contributed by atoms with E-state index in [1.165, 1.54) is 0 Å². The van der Waals surface area contributed by atoms with Gasteiger partial charge in [0, 0.05) is 11.2 Å². The van der Waals surface area contributed by atoms with E-state index in [0.29, 0.717) is 0 Å². The Balaban J connectivity index is 2.07. The molecule has 4 heteroatoms. The molecule has 1 N–H and O–H groups in total. The molecule has 17 heavy (non-hydrogen) atoms. The second-order valence-electron chi connectivity index (χ2n) is 3.87. The van der Waals surface area contributed by atoms with Crippen molar-refractivity contribution in [2.24, 2.45) is 7.05 Å². The summed E-state index contributed by atoms with van der Waals surface area (Å²) in [4.78, 5) is 0. The SMILES string of the molecule is Cn1nc(Nc2ccccc2)[n+]2ccccc12. The third kappa shape index (κ3) is 1.73. The Labute approximate surface area is 99.1 Å². The van der Waals surface area contributed by atoms with Crippen LogP contribution in [0.1, 0.15) is 0 Å². The third-order valence-corrected chi connectivity index (χ3v) is 2.67. The summed E-state index contributed by atoms with van der Waals surface area (Å²) in [5.74, 6) is 0.814. The van der Waals surface area contributed by atoms with Crippen molar-refractivity contribution in [3.63, 3.8) is 0 Å². The summed E-state index contributed by atoms with van der Waals surface area (Å²) in [6.07, 6.45) is 1.99. The third-order valence-electron chi connectivity index (χ3n) is 2.67. The minimum absolute atomic E-state index is 0.814. The van der Waals surface area contributed by atoms with E-state index in [4.69, 9.17) is 0 Å². The fourth-order valence-corrected chi connectivity index (χ4v) is 1.85. The Hall–Kier alpha value is -2.36. The van der Waals surface area contributed by atoms with Crippen LogP contribution in [0, 0.1) is 0 Å². The molecule has 4 nitrogen and oxygen atoms in total. The van der Waals surface area contributed by atoms with E-state index in [9.17, 15) is 0 Å². The summed E-state index contributed by atoms with van der Waals surface area (Å²) >= 11 is 0. The molecule has 0 saturated carbocycles. The van der Waals surface area contributed by atoms with Crippen molar-refractivity contribution in [3.05, 3.63) is 54.7 Å². The van der Waals surface area contributed by atoms with Gasteiger partial charge in [-0.15, -0.1) is 4.68 Å². The van der Waals surface area contributed by atoms with E-state index in [1.54, 1.807) is 0 Å². The van der Waals surface area contributed by atoms with Gasteiger partial charge in [0.05, 0.1) is 18.9 Å². The Kier molecular flexibility index (Phi) is 2.26. The van der Waals surface area contributed by atoms with Crippen molar-refractivity contribution in [1.29, 1.82) is 0 Å². The molecule has 2 heterocycles. The average Bonchev–Trinajstić information content (AvgIpc) is 2.69. The number of anilines is 2. The second-order valence-corrected chi connectivity index (χ2v) is 3.87. The average molecular weight is 225 g/mol. The van der Waals surface area contributed by atoms with Gasteiger partial charge in [0.25, 0.3) is 0 Å². The van der Waals surface area contributed by atoms with Crippen LogP contribution < -0.4 is 9.72 Å². The highest BCUT2D eigenvalue weighted by Crippen LogP contribution is 2.11. The monoisotopic (exact) mass is 225 g/mol. The molecular weight excluding hydrogens is 212 g/mol. The van der Waals surface area contributed by atoms with Crippen molar-refractivity contribution < 1.29 is 4.40 Å². The fourth-order valence-electron chi connectivity index (χ4n) is 1.85. The van der Waals surface area contributed by atoms with Crippen molar-refractivity contribution in [2.45, 2.75) is 0 Å². The number of aromatic nitrogens is 3. The highest BCUT2D eigenvalue weighted by molar-refractivity contribution is 5.51. The molecule has 0 atom stereocenters. The van der Waals surface area contributed by atoms with Gasteiger partial charge in [-0.2, -0.15) is 4.40 Å². The van der Waals surface area contributed by atoms with Gasteiger partial charge in [-0.25, -0.2) is 0 Å². The summed E-state index contributed by atoms with van der Waals surface area (Å²) in [5.41, 5.74) is 2.08. The fraction of sp³-hybridized carbons (Fsp3) is 0.0769.